The van der Waals surface area contributed by atoms with Crippen molar-refractivity contribution in [1.82, 2.24) is 10.2 Å². The first-order valence-corrected chi connectivity index (χ1v) is 8.14. The van der Waals surface area contributed by atoms with E-state index in [9.17, 15) is 0 Å². The molecule has 1 aromatic rings. The van der Waals surface area contributed by atoms with E-state index in [-0.39, 0.29) is 0 Å². The first-order valence-electron chi connectivity index (χ1n) is 8.14. The fourth-order valence-electron chi connectivity index (χ4n) is 3.17. The van der Waals surface area contributed by atoms with Crippen molar-refractivity contribution in [2.75, 3.05) is 26.7 Å². The molecule has 1 saturated heterocycles. The Bertz CT molecular complexity index is 419. The van der Waals surface area contributed by atoms with Gasteiger partial charge in [-0.1, -0.05) is 38.1 Å². The van der Waals surface area contributed by atoms with Gasteiger partial charge in [-0.2, -0.15) is 0 Å². The van der Waals surface area contributed by atoms with Crippen LogP contribution in [0.4, 0.5) is 0 Å². The maximum absolute atomic E-state index is 5.82. The van der Waals surface area contributed by atoms with Crippen molar-refractivity contribution >= 4 is 0 Å². The zero-order chi connectivity index (χ0) is 15.4. The third kappa shape index (κ3) is 4.53. The van der Waals surface area contributed by atoms with Crippen LogP contribution in [0.2, 0.25) is 0 Å². The van der Waals surface area contributed by atoms with Crippen LogP contribution in [0.15, 0.2) is 24.3 Å². The molecular weight excluding hydrogens is 260 g/mol. The number of nitrogens with one attached hydrogen (secondary N) is 1. The van der Waals surface area contributed by atoms with Gasteiger partial charge in [0.1, 0.15) is 0 Å². The molecule has 0 spiro atoms. The van der Waals surface area contributed by atoms with Gasteiger partial charge in [-0.3, -0.25) is 4.90 Å². The van der Waals surface area contributed by atoms with Crippen LogP contribution in [0.3, 0.4) is 0 Å². The third-order valence-corrected chi connectivity index (χ3v) is 4.29. The summed E-state index contributed by atoms with van der Waals surface area (Å²) in [6, 6.07) is 9.43. The van der Waals surface area contributed by atoms with Crippen LogP contribution in [-0.2, 0) is 4.74 Å². The number of morpholine rings is 1. The summed E-state index contributed by atoms with van der Waals surface area (Å²) in [5.74, 6) is 0.591. The van der Waals surface area contributed by atoms with E-state index >= 15 is 0 Å². The van der Waals surface area contributed by atoms with Gasteiger partial charge in [0.15, 0.2) is 0 Å². The molecule has 0 aromatic heterocycles. The molecule has 1 fully saturated rings. The van der Waals surface area contributed by atoms with Gasteiger partial charge in [0.05, 0.1) is 12.2 Å². The van der Waals surface area contributed by atoms with Crippen LogP contribution in [0.25, 0.3) is 0 Å². The van der Waals surface area contributed by atoms with E-state index in [1.165, 1.54) is 11.1 Å². The molecule has 1 aliphatic heterocycles. The average molecular weight is 290 g/mol. The van der Waals surface area contributed by atoms with Gasteiger partial charge in [-0.15, -0.1) is 0 Å². The molecule has 3 nitrogen and oxygen atoms in total. The zero-order valence-electron chi connectivity index (χ0n) is 14.1. The molecule has 2 rings (SSSR count). The second-order valence-corrected chi connectivity index (χ2v) is 6.64. The number of hydrogen-bond acceptors (Lipinski definition) is 3. The van der Waals surface area contributed by atoms with E-state index < -0.39 is 0 Å². The fraction of sp³-hybridized carbons (Fsp3) is 0.667. The second-order valence-electron chi connectivity index (χ2n) is 6.64. The van der Waals surface area contributed by atoms with Crippen molar-refractivity contribution < 1.29 is 4.74 Å². The summed E-state index contributed by atoms with van der Waals surface area (Å²) in [4.78, 5) is 2.51. The van der Waals surface area contributed by atoms with Crippen molar-refractivity contribution in [1.29, 1.82) is 0 Å². The molecule has 1 N–H and O–H groups in total. The Labute approximate surface area is 129 Å². The van der Waals surface area contributed by atoms with Gasteiger partial charge < -0.3 is 10.1 Å². The summed E-state index contributed by atoms with van der Waals surface area (Å²) in [5.41, 5.74) is 2.77. The number of benzene rings is 1. The Morgan fingerprint density at radius 2 is 1.62 bits per heavy atom. The van der Waals surface area contributed by atoms with Crippen molar-refractivity contribution in [2.24, 2.45) is 0 Å². The molecule has 1 heterocycles. The highest BCUT2D eigenvalue weighted by Crippen LogP contribution is 2.21. The van der Waals surface area contributed by atoms with Crippen LogP contribution < -0.4 is 5.32 Å². The predicted molar refractivity (Wildman–Crippen MR) is 88.8 cm³/mol. The summed E-state index contributed by atoms with van der Waals surface area (Å²) >= 11 is 0. The summed E-state index contributed by atoms with van der Waals surface area (Å²) in [6.45, 7) is 11.9. The van der Waals surface area contributed by atoms with Crippen LogP contribution in [0.5, 0.6) is 0 Å². The van der Waals surface area contributed by atoms with Crippen LogP contribution in [0.1, 0.15) is 50.8 Å². The molecular formula is C18H30N2O. The smallest absolute Gasteiger partial charge is 0.0678 e. The molecule has 1 aromatic carbocycles. The topological polar surface area (TPSA) is 24.5 Å². The maximum Gasteiger partial charge on any atom is 0.0678 e. The van der Waals surface area contributed by atoms with E-state index in [2.05, 4.69) is 62.2 Å². The third-order valence-electron chi connectivity index (χ3n) is 4.29. The van der Waals surface area contributed by atoms with Crippen molar-refractivity contribution in [3.63, 3.8) is 0 Å². The molecule has 1 unspecified atom stereocenters. The molecule has 1 aliphatic rings. The Hall–Kier alpha value is -0.900. The van der Waals surface area contributed by atoms with Crippen molar-refractivity contribution in [3.05, 3.63) is 35.4 Å². The molecule has 0 aliphatic carbocycles. The predicted octanol–water partition coefficient (Wildman–Crippen LogP) is 3.18. The van der Waals surface area contributed by atoms with Gasteiger partial charge >= 0.3 is 0 Å². The van der Waals surface area contributed by atoms with Crippen molar-refractivity contribution in [3.8, 4) is 0 Å². The lowest BCUT2D eigenvalue weighted by Crippen LogP contribution is -2.48. The van der Waals surface area contributed by atoms with Crippen molar-refractivity contribution in [2.45, 2.75) is 51.9 Å². The number of nitrogens with zero attached hydrogens (tertiary/aromatic N) is 1. The molecule has 0 amide bonds. The highest BCUT2D eigenvalue weighted by atomic mass is 16.5. The quantitative estimate of drug-likeness (QED) is 0.901. The lowest BCUT2D eigenvalue weighted by atomic mass is 9.98. The standard InChI is InChI=1S/C18H30N2O/c1-13(2)16-6-8-17(9-7-16)18(19-5)12-20-10-14(3)21-15(4)11-20/h6-9,13-15,18-19H,10-12H2,1-5H3/t14-,15+,18?. The number of rotatable bonds is 5. The van der Waals surface area contributed by atoms with Gasteiger partial charge in [-0.05, 0) is 37.9 Å². The fourth-order valence-corrected chi connectivity index (χ4v) is 3.17. The van der Waals surface area contributed by atoms with E-state index in [1.54, 1.807) is 0 Å². The molecule has 0 radical (unpaired) electrons. The SMILES string of the molecule is CNC(CN1C[C@@H](C)O[C@@H](C)C1)c1ccc(C(C)C)cc1. The lowest BCUT2D eigenvalue weighted by molar-refractivity contribution is -0.0698. The summed E-state index contributed by atoms with van der Waals surface area (Å²) in [7, 11) is 2.05. The lowest BCUT2D eigenvalue weighted by Gasteiger charge is -2.37. The molecule has 0 bridgehead atoms. The number of ether oxygens (including phenoxy) is 1. The molecule has 0 saturated carbocycles. The van der Waals surface area contributed by atoms with Crippen LogP contribution in [-0.4, -0.2) is 43.8 Å². The minimum Gasteiger partial charge on any atom is -0.373 e. The highest BCUT2D eigenvalue weighted by molar-refractivity contribution is 5.27. The van der Waals surface area contributed by atoms with Gasteiger partial charge in [0, 0.05) is 25.7 Å². The van der Waals surface area contributed by atoms with Crippen LogP contribution in [0, 0.1) is 0 Å². The van der Waals surface area contributed by atoms with E-state index in [0.29, 0.717) is 24.2 Å². The molecule has 3 atom stereocenters. The largest absolute Gasteiger partial charge is 0.373 e. The summed E-state index contributed by atoms with van der Waals surface area (Å²) in [5, 5.41) is 3.46. The minimum atomic E-state index is 0.328. The Kier molecular flexibility index (Phi) is 5.80. The van der Waals surface area contributed by atoms with E-state index in [4.69, 9.17) is 4.74 Å². The Morgan fingerprint density at radius 1 is 1.10 bits per heavy atom. The monoisotopic (exact) mass is 290 g/mol. The Morgan fingerprint density at radius 3 is 2.10 bits per heavy atom. The first-order chi connectivity index (χ1) is 9.99. The van der Waals surface area contributed by atoms with Crippen LogP contribution >= 0.6 is 0 Å². The second kappa shape index (κ2) is 7.39. The molecule has 118 valence electrons. The number of hydrogen-bond donors (Lipinski definition) is 1. The Balaban J connectivity index is 2.02. The van der Waals surface area contributed by atoms with Gasteiger partial charge in [0.2, 0.25) is 0 Å². The average Bonchev–Trinajstić information content (AvgIpc) is 2.44. The maximum atomic E-state index is 5.82. The molecule has 3 heteroatoms. The van der Waals surface area contributed by atoms with E-state index in [0.717, 1.165) is 19.6 Å². The minimum absolute atomic E-state index is 0.328. The van der Waals surface area contributed by atoms with Gasteiger partial charge in [-0.25, -0.2) is 0 Å². The molecule has 21 heavy (non-hydrogen) atoms. The summed E-state index contributed by atoms with van der Waals surface area (Å²) in [6.07, 6.45) is 0.657. The first kappa shape index (κ1) is 16.5. The highest BCUT2D eigenvalue weighted by Gasteiger charge is 2.24. The number of likely N-dealkylation sites (N-methyl/N-ethyl adjacent to an activating group) is 1. The normalized spacial score (nSPS) is 25.2. The zero-order valence-corrected chi connectivity index (χ0v) is 14.1. The van der Waals surface area contributed by atoms with Gasteiger partial charge in [0.25, 0.3) is 0 Å². The summed E-state index contributed by atoms with van der Waals surface area (Å²) < 4.78 is 5.82. The van der Waals surface area contributed by atoms with E-state index in [1.807, 2.05) is 7.05 Å².